The SMILES string of the molecule is CCCCCC(C)(C)NC(C)O. The molecule has 0 aromatic heterocycles. The molecule has 0 amide bonds. The lowest BCUT2D eigenvalue weighted by Gasteiger charge is -2.28. The lowest BCUT2D eigenvalue weighted by Crippen LogP contribution is -2.44. The Kier molecular flexibility index (Phi) is 5.51. The number of aliphatic hydroxyl groups excluding tert-OH is 1. The van der Waals surface area contributed by atoms with E-state index in [1.165, 1.54) is 19.3 Å². The summed E-state index contributed by atoms with van der Waals surface area (Å²) in [4.78, 5) is 0. The first-order valence-electron chi connectivity index (χ1n) is 4.93. The van der Waals surface area contributed by atoms with Crippen LogP contribution < -0.4 is 5.32 Å². The molecule has 0 aromatic carbocycles. The molecule has 0 radical (unpaired) electrons. The lowest BCUT2D eigenvalue weighted by atomic mass is 9.96. The Balaban J connectivity index is 3.56. The minimum absolute atomic E-state index is 0.0728. The van der Waals surface area contributed by atoms with Gasteiger partial charge in [0.2, 0.25) is 0 Å². The van der Waals surface area contributed by atoms with E-state index >= 15 is 0 Å². The summed E-state index contributed by atoms with van der Waals surface area (Å²) in [5, 5.41) is 12.3. The molecule has 1 unspecified atom stereocenters. The van der Waals surface area contributed by atoms with Crippen LogP contribution in [0.25, 0.3) is 0 Å². The first-order chi connectivity index (χ1) is 5.48. The summed E-state index contributed by atoms with van der Waals surface area (Å²) >= 11 is 0. The summed E-state index contributed by atoms with van der Waals surface area (Å²) in [6, 6.07) is 0. The van der Waals surface area contributed by atoms with E-state index in [1.807, 2.05) is 0 Å². The molecule has 0 saturated heterocycles. The first kappa shape index (κ1) is 11.9. The van der Waals surface area contributed by atoms with E-state index in [-0.39, 0.29) is 5.54 Å². The molecule has 2 heteroatoms. The fourth-order valence-electron chi connectivity index (χ4n) is 1.45. The molecule has 0 aromatic rings. The lowest BCUT2D eigenvalue weighted by molar-refractivity contribution is 0.113. The highest BCUT2D eigenvalue weighted by Crippen LogP contribution is 2.14. The normalized spacial score (nSPS) is 14.8. The highest BCUT2D eigenvalue weighted by atomic mass is 16.3. The van der Waals surface area contributed by atoms with Crippen molar-refractivity contribution in [2.75, 3.05) is 0 Å². The number of unbranched alkanes of at least 4 members (excludes halogenated alkanes) is 2. The fourth-order valence-corrected chi connectivity index (χ4v) is 1.45. The zero-order valence-corrected chi connectivity index (χ0v) is 8.85. The molecule has 2 N–H and O–H groups in total. The van der Waals surface area contributed by atoms with Crippen molar-refractivity contribution >= 4 is 0 Å². The monoisotopic (exact) mass is 173 g/mol. The van der Waals surface area contributed by atoms with Gasteiger partial charge in [0, 0.05) is 5.54 Å². The van der Waals surface area contributed by atoms with Crippen molar-refractivity contribution in [3.8, 4) is 0 Å². The second-order valence-corrected chi connectivity index (χ2v) is 4.16. The van der Waals surface area contributed by atoms with Gasteiger partial charge in [-0.1, -0.05) is 26.2 Å². The van der Waals surface area contributed by atoms with Gasteiger partial charge < -0.3 is 5.11 Å². The number of hydrogen-bond donors (Lipinski definition) is 2. The molecule has 0 aliphatic carbocycles. The Morgan fingerprint density at radius 1 is 1.33 bits per heavy atom. The van der Waals surface area contributed by atoms with Gasteiger partial charge in [0.15, 0.2) is 0 Å². The van der Waals surface area contributed by atoms with Crippen LogP contribution in [0.2, 0.25) is 0 Å². The van der Waals surface area contributed by atoms with Crippen LogP contribution in [0.15, 0.2) is 0 Å². The maximum absolute atomic E-state index is 9.13. The van der Waals surface area contributed by atoms with Crippen LogP contribution in [0.5, 0.6) is 0 Å². The highest BCUT2D eigenvalue weighted by Gasteiger charge is 2.17. The molecule has 0 spiro atoms. The van der Waals surface area contributed by atoms with Gasteiger partial charge in [0.25, 0.3) is 0 Å². The predicted molar refractivity (Wildman–Crippen MR) is 53.0 cm³/mol. The van der Waals surface area contributed by atoms with Crippen LogP contribution in [0, 0.1) is 0 Å². The smallest absolute Gasteiger partial charge is 0.102 e. The number of rotatable bonds is 6. The number of nitrogens with one attached hydrogen (secondary N) is 1. The molecule has 12 heavy (non-hydrogen) atoms. The van der Waals surface area contributed by atoms with E-state index in [0.29, 0.717) is 0 Å². The van der Waals surface area contributed by atoms with Crippen molar-refractivity contribution in [3.63, 3.8) is 0 Å². The van der Waals surface area contributed by atoms with Gasteiger partial charge in [-0.25, -0.2) is 0 Å². The summed E-state index contributed by atoms with van der Waals surface area (Å²) in [5.74, 6) is 0. The summed E-state index contributed by atoms with van der Waals surface area (Å²) in [6.07, 6.45) is 4.51. The minimum atomic E-state index is -0.401. The Morgan fingerprint density at radius 2 is 1.92 bits per heavy atom. The van der Waals surface area contributed by atoms with E-state index < -0.39 is 6.23 Å². The van der Waals surface area contributed by atoms with Crippen molar-refractivity contribution in [1.29, 1.82) is 0 Å². The van der Waals surface area contributed by atoms with Gasteiger partial charge in [0.05, 0.1) is 0 Å². The summed E-state index contributed by atoms with van der Waals surface area (Å²) in [7, 11) is 0. The summed E-state index contributed by atoms with van der Waals surface area (Å²) in [6.45, 7) is 8.24. The van der Waals surface area contributed by atoms with Gasteiger partial charge >= 0.3 is 0 Å². The van der Waals surface area contributed by atoms with Gasteiger partial charge in [0.1, 0.15) is 6.23 Å². The third kappa shape index (κ3) is 6.62. The molecule has 0 rings (SSSR count). The number of hydrogen-bond acceptors (Lipinski definition) is 2. The van der Waals surface area contributed by atoms with Gasteiger partial charge in [-0.3, -0.25) is 5.32 Å². The molecule has 0 heterocycles. The van der Waals surface area contributed by atoms with Crippen LogP contribution >= 0.6 is 0 Å². The van der Waals surface area contributed by atoms with E-state index in [1.54, 1.807) is 6.92 Å². The van der Waals surface area contributed by atoms with E-state index in [4.69, 9.17) is 5.11 Å². The van der Waals surface area contributed by atoms with Crippen LogP contribution in [0.3, 0.4) is 0 Å². The van der Waals surface area contributed by atoms with E-state index in [9.17, 15) is 0 Å². The third-order valence-corrected chi connectivity index (χ3v) is 2.00. The van der Waals surface area contributed by atoms with E-state index in [2.05, 4.69) is 26.1 Å². The minimum Gasteiger partial charge on any atom is -0.379 e. The van der Waals surface area contributed by atoms with Crippen LogP contribution in [-0.4, -0.2) is 16.9 Å². The Bertz CT molecular complexity index is 110. The largest absolute Gasteiger partial charge is 0.379 e. The van der Waals surface area contributed by atoms with E-state index in [0.717, 1.165) is 6.42 Å². The Labute approximate surface area is 76.4 Å². The fraction of sp³-hybridized carbons (Fsp3) is 1.00. The van der Waals surface area contributed by atoms with Crippen molar-refractivity contribution in [2.24, 2.45) is 0 Å². The molecule has 0 aliphatic heterocycles. The van der Waals surface area contributed by atoms with Crippen LogP contribution in [0.1, 0.15) is 53.4 Å². The van der Waals surface area contributed by atoms with Crippen molar-refractivity contribution in [2.45, 2.75) is 65.1 Å². The quantitative estimate of drug-likeness (QED) is 0.477. The first-order valence-corrected chi connectivity index (χ1v) is 4.93. The molecular weight excluding hydrogens is 150 g/mol. The molecule has 2 nitrogen and oxygen atoms in total. The second kappa shape index (κ2) is 5.55. The zero-order chi connectivity index (χ0) is 9.61. The molecular formula is C10H23NO. The standard InChI is InChI=1S/C10H23NO/c1-5-6-7-8-10(3,4)11-9(2)12/h9,11-12H,5-8H2,1-4H3. The van der Waals surface area contributed by atoms with Crippen molar-refractivity contribution < 1.29 is 5.11 Å². The number of aliphatic hydroxyl groups is 1. The molecule has 0 fully saturated rings. The predicted octanol–water partition coefficient (Wildman–Crippen LogP) is 2.27. The topological polar surface area (TPSA) is 32.3 Å². The van der Waals surface area contributed by atoms with Crippen molar-refractivity contribution in [3.05, 3.63) is 0 Å². The molecule has 0 bridgehead atoms. The maximum Gasteiger partial charge on any atom is 0.102 e. The van der Waals surface area contributed by atoms with Gasteiger partial charge in [-0.15, -0.1) is 0 Å². The van der Waals surface area contributed by atoms with Gasteiger partial charge in [-0.05, 0) is 27.2 Å². The molecule has 74 valence electrons. The Hall–Kier alpha value is -0.0800. The molecule has 0 saturated carbocycles. The molecule has 0 aliphatic rings. The maximum atomic E-state index is 9.13. The van der Waals surface area contributed by atoms with Crippen LogP contribution in [0.4, 0.5) is 0 Å². The third-order valence-electron chi connectivity index (χ3n) is 2.00. The molecule has 1 atom stereocenters. The Morgan fingerprint density at radius 3 is 2.33 bits per heavy atom. The van der Waals surface area contributed by atoms with Crippen LogP contribution in [-0.2, 0) is 0 Å². The average molecular weight is 173 g/mol. The highest BCUT2D eigenvalue weighted by molar-refractivity contribution is 4.77. The van der Waals surface area contributed by atoms with Gasteiger partial charge in [-0.2, -0.15) is 0 Å². The summed E-state index contributed by atoms with van der Waals surface area (Å²) < 4.78 is 0. The summed E-state index contributed by atoms with van der Waals surface area (Å²) in [5.41, 5.74) is 0.0728. The second-order valence-electron chi connectivity index (χ2n) is 4.16. The van der Waals surface area contributed by atoms with Crippen molar-refractivity contribution in [1.82, 2.24) is 5.32 Å². The zero-order valence-electron chi connectivity index (χ0n) is 8.85. The average Bonchev–Trinajstić information content (AvgIpc) is 1.84.